The molecular weight excluding hydrogens is 198 g/mol. The van der Waals surface area contributed by atoms with Gasteiger partial charge in [-0.1, -0.05) is 13.8 Å². The second kappa shape index (κ2) is 5.05. The molecule has 0 bridgehead atoms. The van der Waals surface area contributed by atoms with Crippen molar-refractivity contribution in [1.29, 1.82) is 0 Å². The first kappa shape index (κ1) is 12.4. The Labute approximate surface area is 100 Å². The molecule has 2 nitrogen and oxygen atoms in total. The molecule has 0 spiro atoms. The molecule has 0 radical (unpaired) electrons. The van der Waals surface area contributed by atoms with E-state index in [0.717, 1.165) is 6.04 Å². The maximum atomic E-state index is 5.49. The van der Waals surface area contributed by atoms with Crippen LogP contribution in [0.1, 0.15) is 58.8 Å². The van der Waals surface area contributed by atoms with Gasteiger partial charge in [-0.05, 0) is 50.4 Å². The fourth-order valence-corrected chi connectivity index (χ4v) is 3.42. The molecule has 94 valence electrons. The molecule has 3 unspecified atom stereocenters. The molecule has 0 aromatic rings. The number of hydrogen-bond acceptors (Lipinski definition) is 2. The highest BCUT2D eigenvalue weighted by molar-refractivity contribution is 4.89. The smallest absolute Gasteiger partial charge is 0.0586 e. The molecular formula is C14H27NO. The van der Waals surface area contributed by atoms with E-state index in [0.29, 0.717) is 17.6 Å². The van der Waals surface area contributed by atoms with Crippen LogP contribution in [0.4, 0.5) is 0 Å². The van der Waals surface area contributed by atoms with E-state index >= 15 is 0 Å². The molecule has 0 aliphatic heterocycles. The Morgan fingerprint density at radius 1 is 1.12 bits per heavy atom. The average Bonchev–Trinajstić information content (AvgIpc) is 2.58. The SMILES string of the molecule is COC1CCCC(NC2CCC(C)(C)C2)C1. The fraction of sp³-hybridized carbons (Fsp3) is 1.00. The van der Waals surface area contributed by atoms with Crippen LogP contribution in [0.2, 0.25) is 0 Å². The molecule has 0 aromatic carbocycles. The number of nitrogens with one attached hydrogen (secondary N) is 1. The molecule has 3 atom stereocenters. The number of ether oxygens (including phenoxy) is 1. The van der Waals surface area contributed by atoms with Gasteiger partial charge >= 0.3 is 0 Å². The summed E-state index contributed by atoms with van der Waals surface area (Å²) in [6.07, 6.45) is 9.73. The lowest BCUT2D eigenvalue weighted by atomic mass is 9.90. The topological polar surface area (TPSA) is 21.3 Å². The molecule has 0 amide bonds. The van der Waals surface area contributed by atoms with E-state index in [1.807, 2.05) is 7.11 Å². The van der Waals surface area contributed by atoms with Crippen molar-refractivity contribution < 1.29 is 4.74 Å². The summed E-state index contributed by atoms with van der Waals surface area (Å²) >= 11 is 0. The van der Waals surface area contributed by atoms with Gasteiger partial charge in [0, 0.05) is 19.2 Å². The van der Waals surface area contributed by atoms with Gasteiger partial charge < -0.3 is 10.1 Å². The largest absolute Gasteiger partial charge is 0.381 e. The van der Waals surface area contributed by atoms with Crippen LogP contribution in [0.5, 0.6) is 0 Å². The van der Waals surface area contributed by atoms with E-state index in [2.05, 4.69) is 19.2 Å². The van der Waals surface area contributed by atoms with Gasteiger partial charge in [0.1, 0.15) is 0 Å². The molecule has 2 aliphatic carbocycles. The van der Waals surface area contributed by atoms with Gasteiger partial charge in [-0.3, -0.25) is 0 Å². The molecule has 0 heterocycles. The van der Waals surface area contributed by atoms with Gasteiger partial charge in [-0.2, -0.15) is 0 Å². The molecule has 2 fully saturated rings. The maximum Gasteiger partial charge on any atom is 0.0586 e. The molecule has 1 N–H and O–H groups in total. The van der Waals surface area contributed by atoms with E-state index in [1.54, 1.807) is 0 Å². The zero-order valence-corrected chi connectivity index (χ0v) is 11.1. The third kappa shape index (κ3) is 3.21. The van der Waals surface area contributed by atoms with Gasteiger partial charge in [0.15, 0.2) is 0 Å². The van der Waals surface area contributed by atoms with Gasteiger partial charge in [-0.15, -0.1) is 0 Å². The second-order valence-electron chi connectivity index (χ2n) is 6.49. The van der Waals surface area contributed by atoms with Gasteiger partial charge in [-0.25, -0.2) is 0 Å². The van der Waals surface area contributed by atoms with Crippen LogP contribution < -0.4 is 5.32 Å². The standard InChI is InChI=1S/C14H27NO/c1-14(2)8-7-12(10-14)15-11-5-4-6-13(9-11)16-3/h11-13,15H,4-10H2,1-3H3. The average molecular weight is 225 g/mol. The lowest BCUT2D eigenvalue weighted by Crippen LogP contribution is -2.41. The van der Waals surface area contributed by atoms with E-state index < -0.39 is 0 Å². The Morgan fingerprint density at radius 2 is 1.94 bits per heavy atom. The number of hydrogen-bond donors (Lipinski definition) is 1. The fourth-order valence-electron chi connectivity index (χ4n) is 3.42. The summed E-state index contributed by atoms with van der Waals surface area (Å²) in [4.78, 5) is 0. The van der Waals surface area contributed by atoms with Crippen LogP contribution in [-0.2, 0) is 4.74 Å². The van der Waals surface area contributed by atoms with E-state index in [9.17, 15) is 0 Å². The van der Waals surface area contributed by atoms with Crippen LogP contribution in [0, 0.1) is 5.41 Å². The Bertz CT molecular complexity index is 227. The van der Waals surface area contributed by atoms with Crippen LogP contribution >= 0.6 is 0 Å². The Balaban J connectivity index is 1.77. The molecule has 2 aliphatic rings. The lowest BCUT2D eigenvalue weighted by molar-refractivity contribution is 0.0568. The maximum absolute atomic E-state index is 5.49. The first-order valence-electron chi connectivity index (χ1n) is 6.88. The van der Waals surface area contributed by atoms with Gasteiger partial charge in [0.25, 0.3) is 0 Å². The molecule has 2 heteroatoms. The Kier molecular flexibility index (Phi) is 3.91. The van der Waals surface area contributed by atoms with Crippen LogP contribution in [0.25, 0.3) is 0 Å². The van der Waals surface area contributed by atoms with E-state index in [1.165, 1.54) is 44.9 Å². The van der Waals surface area contributed by atoms with Crippen molar-refractivity contribution in [1.82, 2.24) is 5.32 Å². The lowest BCUT2D eigenvalue weighted by Gasteiger charge is -2.31. The third-order valence-electron chi connectivity index (χ3n) is 4.40. The summed E-state index contributed by atoms with van der Waals surface area (Å²) in [5.74, 6) is 0. The second-order valence-corrected chi connectivity index (χ2v) is 6.49. The Morgan fingerprint density at radius 3 is 2.56 bits per heavy atom. The minimum absolute atomic E-state index is 0.501. The summed E-state index contributed by atoms with van der Waals surface area (Å²) in [7, 11) is 1.85. The van der Waals surface area contributed by atoms with Crippen LogP contribution in [0.15, 0.2) is 0 Å². The van der Waals surface area contributed by atoms with Gasteiger partial charge in [0.05, 0.1) is 6.10 Å². The highest BCUT2D eigenvalue weighted by atomic mass is 16.5. The number of rotatable bonds is 3. The molecule has 16 heavy (non-hydrogen) atoms. The predicted octanol–water partition coefficient (Wildman–Crippen LogP) is 3.11. The quantitative estimate of drug-likeness (QED) is 0.797. The summed E-state index contributed by atoms with van der Waals surface area (Å²) in [6.45, 7) is 4.79. The minimum Gasteiger partial charge on any atom is -0.381 e. The summed E-state index contributed by atoms with van der Waals surface area (Å²) in [5.41, 5.74) is 0.562. The van der Waals surface area contributed by atoms with E-state index in [-0.39, 0.29) is 0 Å². The van der Waals surface area contributed by atoms with Crippen molar-refractivity contribution in [3.8, 4) is 0 Å². The highest BCUT2D eigenvalue weighted by Crippen LogP contribution is 2.37. The van der Waals surface area contributed by atoms with Crippen LogP contribution in [0.3, 0.4) is 0 Å². The van der Waals surface area contributed by atoms with Crippen molar-refractivity contribution in [3.05, 3.63) is 0 Å². The normalized spacial score (nSPS) is 38.8. The van der Waals surface area contributed by atoms with Gasteiger partial charge in [0.2, 0.25) is 0 Å². The highest BCUT2D eigenvalue weighted by Gasteiger charge is 2.32. The van der Waals surface area contributed by atoms with Crippen molar-refractivity contribution in [2.45, 2.75) is 77.0 Å². The summed E-state index contributed by atoms with van der Waals surface area (Å²) in [6, 6.07) is 1.47. The van der Waals surface area contributed by atoms with Crippen LogP contribution in [-0.4, -0.2) is 25.3 Å². The third-order valence-corrected chi connectivity index (χ3v) is 4.40. The zero-order valence-electron chi connectivity index (χ0n) is 11.1. The molecule has 0 aromatic heterocycles. The summed E-state index contributed by atoms with van der Waals surface area (Å²) < 4.78 is 5.49. The predicted molar refractivity (Wildman–Crippen MR) is 67.6 cm³/mol. The van der Waals surface area contributed by atoms with Crippen molar-refractivity contribution in [3.63, 3.8) is 0 Å². The minimum atomic E-state index is 0.501. The summed E-state index contributed by atoms with van der Waals surface area (Å²) in [5, 5.41) is 3.86. The van der Waals surface area contributed by atoms with Crippen molar-refractivity contribution in [2.24, 2.45) is 5.41 Å². The monoisotopic (exact) mass is 225 g/mol. The first-order valence-corrected chi connectivity index (χ1v) is 6.88. The number of methoxy groups -OCH3 is 1. The Hall–Kier alpha value is -0.0800. The van der Waals surface area contributed by atoms with Crippen molar-refractivity contribution in [2.75, 3.05) is 7.11 Å². The zero-order chi connectivity index (χ0) is 11.6. The molecule has 0 saturated heterocycles. The molecule has 2 saturated carbocycles. The first-order chi connectivity index (χ1) is 7.59. The van der Waals surface area contributed by atoms with E-state index in [4.69, 9.17) is 4.74 Å². The molecule has 2 rings (SSSR count). The van der Waals surface area contributed by atoms with Crippen molar-refractivity contribution >= 4 is 0 Å².